The molecule has 0 aliphatic heterocycles. The molecule has 0 N–H and O–H groups in total. The van der Waals surface area contributed by atoms with Gasteiger partial charge in [0, 0.05) is 21.5 Å². The van der Waals surface area contributed by atoms with Crippen LogP contribution in [0.4, 0.5) is 0 Å². The molecule has 0 saturated heterocycles. The number of benzene rings is 2. The highest BCUT2D eigenvalue weighted by Crippen LogP contribution is 2.26. The minimum Gasteiger partial charge on any atom is -0.450 e. The average Bonchev–Trinajstić information content (AvgIpc) is 3.12. The van der Waals surface area contributed by atoms with Crippen LogP contribution in [0.15, 0.2) is 53.9 Å². The number of ether oxygens (including phenoxy) is 1. The van der Waals surface area contributed by atoms with Crippen LogP contribution in [0.1, 0.15) is 33.3 Å². The van der Waals surface area contributed by atoms with Crippen LogP contribution in [-0.2, 0) is 4.74 Å². The first kappa shape index (κ1) is 18.3. The zero-order valence-corrected chi connectivity index (χ0v) is 15.8. The van der Waals surface area contributed by atoms with E-state index < -0.39 is 12.1 Å². The second kappa shape index (κ2) is 7.81. The summed E-state index contributed by atoms with van der Waals surface area (Å²) in [6.45, 7) is 3.50. The molecule has 1 heterocycles. The third-order valence-corrected chi connectivity index (χ3v) is 4.90. The van der Waals surface area contributed by atoms with E-state index in [1.807, 2.05) is 31.2 Å². The molecule has 1 atom stereocenters. The van der Waals surface area contributed by atoms with Crippen LogP contribution in [0.2, 0.25) is 5.02 Å². The fraction of sp³-hybridized carbons (Fsp3) is 0.150. The van der Waals surface area contributed by atoms with Gasteiger partial charge in [-0.2, -0.15) is 0 Å². The van der Waals surface area contributed by atoms with Crippen LogP contribution in [0, 0.1) is 6.92 Å². The molecule has 0 radical (unpaired) electrons. The summed E-state index contributed by atoms with van der Waals surface area (Å²) >= 11 is 7.30. The molecule has 1 aromatic heterocycles. The topological polar surface area (TPSA) is 56.3 Å². The van der Waals surface area contributed by atoms with Crippen molar-refractivity contribution in [3.8, 4) is 10.6 Å². The Kier molecular flexibility index (Phi) is 5.49. The van der Waals surface area contributed by atoms with Gasteiger partial charge in [0.2, 0.25) is 5.78 Å². The normalized spacial score (nSPS) is 11.8. The largest absolute Gasteiger partial charge is 0.450 e. The zero-order chi connectivity index (χ0) is 18.7. The first-order valence-corrected chi connectivity index (χ1v) is 9.23. The van der Waals surface area contributed by atoms with E-state index in [0.29, 0.717) is 15.6 Å². The average molecular weight is 386 g/mol. The van der Waals surface area contributed by atoms with Crippen LogP contribution in [0.5, 0.6) is 0 Å². The Morgan fingerprint density at radius 1 is 1.15 bits per heavy atom. The van der Waals surface area contributed by atoms with Gasteiger partial charge < -0.3 is 4.74 Å². The number of nitrogens with zero attached hydrogens (tertiary/aromatic N) is 1. The molecule has 0 bridgehead atoms. The number of halogens is 1. The number of esters is 1. The maximum Gasteiger partial charge on any atom is 0.358 e. The molecule has 0 unspecified atom stereocenters. The summed E-state index contributed by atoms with van der Waals surface area (Å²) in [4.78, 5) is 29.0. The van der Waals surface area contributed by atoms with Gasteiger partial charge in [0.15, 0.2) is 11.8 Å². The summed E-state index contributed by atoms with van der Waals surface area (Å²) in [6.07, 6.45) is -0.887. The molecule has 26 heavy (non-hydrogen) atoms. The van der Waals surface area contributed by atoms with Crippen molar-refractivity contribution in [2.24, 2.45) is 0 Å². The third-order valence-electron chi connectivity index (χ3n) is 3.77. The van der Waals surface area contributed by atoms with Gasteiger partial charge in [0.05, 0.1) is 0 Å². The summed E-state index contributed by atoms with van der Waals surface area (Å²) < 4.78 is 5.29. The van der Waals surface area contributed by atoms with Gasteiger partial charge in [-0.3, -0.25) is 4.79 Å². The fourth-order valence-electron chi connectivity index (χ4n) is 2.35. The van der Waals surface area contributed by atoms with Crippen molar-refractivity contribution in [3.63, 3.8) is 0 Å². The molecule has 0 saturated carbocycles. The van der Waals surface area contributed by atoms with Gasteiger partial charge in [-0.25, -0.2) is 9.78 Å². The lowest BCUT2D eigenvalue weighted by atomic mass is 10.1. The van der Waals surface area contributed by atoms with E-state index in [9.17, 15) is 9.59 Å². The number of thiazole rings is 1. The summed E-state index contributed by atoms with van der Waals surface area (Å²) in [5, 5.41) is 2.87. The zero-order valence-electron chi connectivity index (χ0n) is 14.2. The number of carbonyl (C=O) groups is 2. The van der Waals surface area contributed by atoms with Crippen molar-refractivity contribution in [3.05, 3.63) is 75.8 Å². The SMILES string of the molecule is Cc1ccc(C(=O)[C@H](C)OC(=O)c2csc(-c3cccc(Cl)c3)n2)cc1. The fourth-order valence-corrected chi connectivity index (χ4v) is 3.33. The monoisotopic (exact) mass is 385 g/mol. The quantitative estimate of drug-likeness (QED) is 0.447. The number of hydrogen-bond acceptors (Lipinski definition) is 5. The Morgan fingerprint density at radius 3 is 2.58 bits per heavy atom. The third kappa shape index (κ3) is 4.18. The van der Waals surface area contributed by atoms with Crippen LogP contribution in [-0.4, -0.2) is 22.8 Å². The number of ketones is 1. The Balaban J connectivity index is 1.70. The van der Waals surface area contributed by atoms with Gasteiger partial charge >= 0.3 is 5.97 Å². The molecule has 6 heteroatoms. The number of carbonyl (C=O) groups excluding carboxylic acids is 2. The summed E-state index contributed by atoms with van der Waals surface area (Å²) in [6, 6.07) is 14.4. The molecule has 0 spiro atoms. The van der Waals surface area contributed by atoms with E-state index >= 15 is 0 Å². The molecule has 132 valence electrons. The van der Waals surface area contributed by atoms with Gasteiger partial charge in [-0.1, -0.05) is 53.6 Å². The Hall–Kier alpha value is -2.50. The Bertz CT molecular complexity index is 950. The molecule has 0 fully saturated rings. The van der Waals surface area contributed by atoms with Crippen molar-refractivity contribution < 1.29 is 14.3 Å². The first-order chi connectivity index (χ1) is 12.4. The van der Waals surface area contributed by atoms with Crippen molar-refractivity contribution in [1.29, 1.82) is 0 Å². The van der Waals surface area contributed by atoms with Gasteiger partial charge in [-0.15, -0.1) is 11.3 Å². The van der Waals surface area contributed by atoms with Gasteiger partial charge in [0.25, 0.3) is 0 Å². The molecule has 0 amide bonds. The van der Waals surface area contributed by atoms with Crippen molar-refractivity contribution in [2.45, 2.75) is 20.0 Å². The molecule has 0 aliphatic carbocycles. The number of aromatic nitrogens is 1. The van der Waals surface area contributed by atoms with E-state index in [0.717, 1.165) is 11.1 Å². The van der Waals surface area contributed by atoms with Crippen LogP contribution >= 0.6 is 22.9 Å². The standard InChI is InChI=1S/C20H16ClNO3S/c1-12-6-8-14(9-7-12)18(23)13(2)25-20(24)17-11-26-19(22-17)15-4-3-5-16(21)10-15/h3-11,13H,1-2H3/t13-/m0/s1. The number of aryl methyl sites for hydroxylation is 1. The predicted molar refractivity (Wildman–Crippen MR) is 103 cm³/mol. The molecule has 4 nitrogen and oxygen atoms in total. The minimum atomic E-state index is -0.887. The molecular weight excluding hydrogens is 370 g/mol. The van der Waals surface area contributed by atoms with Crippen LogP contribution in [0.25, 0.3) is 10.6 Å². The van der Waals surface area contributed by atoms with E-state index in [4.69, 9.17) is 16.3 Å². The molecule has 3 aromatic rings. The number of Topliss-reactive ketones (excluding diaryl/α,β-unsaturated/α-hetero) is 1. The van der Waals surface area contributed by atoms with E-state index in [1.54, 1.807) is 36.6 Å². The number of hydrogen-bond donors (Lipinski definition) is 0. The smallest absolute Gasteiger partial charge is 0.358 e. The predicted octanol–water partition coefficient (Wildman–Crippen LogP) is 5.20. The summed E-state index contributed by atoms with van der Waals surface area (Å²) in [5.41, 5.74) is 2.56. The highest BCUT2D eigenvalue weighted by atomic mass is 35.5. The lowest BCUT2D eigenvalue weighted by Gasteiger charge is -2.11. The lowest BCUT2D eigenvalue weighted by molar-refractivity contribution is 0.0314. The van der Waals surface area contributed by atoms with Crippen LogP contribution in [0.3, 0.4) is 0 Å². The highest BCUT2D eigenvalue weighted by Gasteiger charge is 2.22. The van der Waals surface area contributed by atoms with Gasteiger partial charge in [0.1, 0.15) is 5.01 Å². The molecule has 3 rings (SSSR count). The Labute approximate surface area is 160 Å². The molecule has 0 aliphatic rings. The maximum absolute atomic E-state index is 12.4. The van der Waals surface area contributed by atoms with Crippen molar-refractivity contribution >= 4 is 34.7 Å². The van der Waals surface area contributed by atoms with Gasteiger partial charge in [-0.05, 0) is 26.0 Å². The second-order valence-electron chi connectivity index (χ2n) is 5.83. The molecular formula is C20H16ClNO3S. The second-order valence-corrected chi connectivity index (χ2v) is 7.12. The lowest BCUT2D eigenvalue weighted by Crippen LogP contribution is -2.24. The summed E-state index contributed by atoms with van der Waals surface area (Å²) in [5.74, 6) is -0.869. The van der Waals surface area contributed by atoms with E-state index in [2.05, 4.69) is 4.98 Å². The highest BCUT2D eigenvalue weighted by molar-refractivity contribution is 7.13. The van der Waals surface area contributed by atoms with Crippen molar-refractivity contribution in [2.75, 3.05) is 0 Å². The van der Waals surface area contributed by atoms with Crippen molar-refractivity contribution in [1.82, 2.24) is 4.98 Å². The van der Waals surface area contributed by atoms with Crippen LogP contribution < -0.4 is 0 Å². The number of rotatable bonds is 5. The van der Waals surface area contributed by atoms with E-state index in [1.165, 1.54) is 11.3 Å². The first-order valence-electron chi connectivity index (χ1n) is 7.97. The summed E-state index contributed by atoms with van der Waals surface area (Å²) in [7, 11) is 0. The maximum atomic E-state index is 12.4. The minimum absolute atomic E-state index is 0.175. The molecule has 2 aromatic carbocycles. The Morgan fingerprint density at radius 2 is 1.88 bits per heavy atom. The van der Waals surface area contributed by atoms with E-state index in [-0.39, 0.29) is 11.5 Å².